The SMILES string of the molecule is CC(C)CN(C(=O)c1ccc(I)cc1)C(C)C. The molecule has 0 aliphatic heterocycles. The van der Waals surface area contributed by atoms with E-state index in [1.165, 1.54) is 0 Å². The Balaban J connectivity index is 2.88. The fourth-order valence-electron chi connectivity index (χ4n) is 1.68. The molecule has 17 heavy (non-hydrogen) atoms. The van der Waals surface area contributed by atoms with E-state index in [0.717, 1.165) is 15.7 Å². The monoisotopic (exact) mass is 345 g/mol. The van der Waals surface area contributed by atoms with Gasteiger partial charge in [0.2, 0.25) is 0 Å². The van der Waals surface area contributed by atoms with Gasteiger partial charge in [-0.2, -0.15) is 0 Å². The van der Waals surface area contributed by atoms with Gasteiger partial charge < -0.3 is 4.90 Å². The van der Waals surface area contributed by atoms with Crippen molar-refractivity contribution in [2.24, 2.45) is 5.92 Å². The Kier molecular flexibility index (Phi) is 5.43. The van der Waals surface area contributed by atoms with Gasteiger partial charge in [0, 0.05) is 21.7 Å². The Morgan fingerprint density at radius 3 is 2.12 bits per heavy atom. The van der Waals surface area contributed by atoms with Crippen molar-refractivity contribution in [3.63, 3.8) is 0 Å². The Morgan fingerprint density at radius 1 is 1.18 bits per heavy atom. The van der Waals surface area contributed by atoms with Crippen LogP contribution in [0.15, 0.2) is 24.3 Å². The highest BCUT2D eigenvalue weighted by atomic mass is 127. The Hall–Kier alpha value is -0.580. The van der Waals surface area contributed by atoms with Crippen LogP contribution in [0.4, 0.5) is 0 Å². The molecule has 3 heteroatoms. The maximum Gasteiger partial charge on any atom is 0.254 e. The van der Waals surface area contributed by atoms with E-state index in [1.54, 1.807) is 0 Å². The molecule has 0 N–H and O–H groups in total. The molecule has 0 radical (unpaired) electrons. The zero-order valence-electron chi connectivity index (χ0n) is 10.9. The van der Waals surface area contributed by atoms with Crippen LogP contribution in [0.25, 0.3) is 0 Å². The van der Waals surface area contributed by atoms with E-state index in [4.69, 9.17) is 0 Å². The number of hydrogen-bond donors (Lipinski definition) is 0. The molecule has 0 bridgehead atoms. The maximum absolute atomic E-state index is 12.4. The van der Waals surface area contributed by atoms with Crippen LogP contribution in [0.3, 0.4) is 0 Å². The second-order valence-electron chi connectivity index (χ2n) is 4.95. The number of hydrogen-bond acceptors (Lipinski definition) is 1. The van der Waals surface area contributed by atoms with E-state index in [0.29, 0.717) is 5.92 Å². The third kappa shape index (κ3) is 4.30. The van der Waals surface area contributed by atoms with Gasteiger partial charge in [0.1, 0.15) is 0 Å². The largest absolute Gasteiger partial charge is 0.336 e. The van der Waals surface area contributed by atoms with E-state index in [1.807, 2.05) is 29.2 Å². The Labute approximate surface area is 118 Å². The second-order valence-corrected chi connectivity index (χ2v) is 6.20. The van der Waals surface area contributed by atoms with Gasteiger partial charge in [0.05, 0.1) is 0 Å². The summed E-state index contributed by atoms with van der Waals surface area (Å²) in [6, 6.07) is 7.99. The topological polar surface area (TPSA) is 20.3 Å². The van der Waals surface area contributed by atoms with E-state index >= 15 is 0 Å². The molecule has 0 saturated heterocycles. The lowest BCUT2D eigenvalue weighted by Gasteiger charge is -2.28. The van der Waals surface area contributed by atoms with Gasteiger partial charge in [-0.3, -0.25) is 4.79 Å². The van der Waals surface area contributed by atoms with E-state index < -0.39 is 0 Å². The summed E-state index contributed by atoms with van der Waals surface area (Å²) in [6.07, 6.45) is 0. The molecule has 1 aromatic carbocycles. The highest BCUT2D eigenvalue weighted by Gasteiger charge is 2.19. The first-order valence-corrected chi connectivity index (χ1v) is 7.06. The highest BCUT2D eigenvalue weighted by molar-refractivity contribution is 14.1. The van der Waals surface area contributed by atoms with Crippen molar-refractivity contribution in [1.82, 2.24) is 4.90 Å². The third-order valence-corrected chi connectivity index (χ3v) is 3.26. The lowest BCUT2D eigenvalue weighted by Crippen LogP contribution is -2.39. The molecule has 2 nitrogen and oxygen atoms in total. The number of carbonyl (C=O) groups is 1. The molecule has 94 valence electrons. The molecular formula is C14H20INO. The van der Waals surface area contributed by atoms with Crippen LogP contribution >= 0.6 is 22.6 Å². The predicted octanol–water partition coefficient (Wildman–Crippen LogP) is 3.80. The molecule has 0 fully saturated rings. The third-order valence-electron chi connectivity index (χ3n) is 2.54. The second kappa shape index (κ2) is 6.38. The highest BCUT2D eigenvalue weighted by Crippen LogP contribution is 2.13. The minimum absolute atomic E-state index is 0.130. The van der Waals surface area contributed by atoms with Gasteiger partial charge >= 0.3 is 0 Å². The van der Waals surface area contributed by atoms with Crippen molar-refractivity contribution in [2.75, 3.05) is 6.54 Å². The van der Waals surface area contributed by atoms with Crippen LogP contribution in [0.1, 0.15) is 38.1 Å². The van der Waals surface area contributed by atoms with Crippen molar-refractivity contribution >= 4 is 28.5 Å². The van der Waals surface area contributed by atoms with Crippen molar-refractivity contribution < 1.29 is 4.79 Å². The van der Waals surface area contributed by atoms with Crippen molar-refractivity contribution in [3.05, 3.63) is 33.4 Å². The average Bonchev–Trinajstić information content (AvgIpc) is 2.25. The fraction of sp³-hybridized carbons (Fsp3) is 0.500. The maximum atomic E-state index is 12.4. The van der Waals surface area contributed by atoms with Crippen molar-refractivity contribution in [3.8, 4) is 0 Å². The molecular weight excluding hydrogens is 325 g/mol. The molecule has 1 aromatic rings. The normalized spacial score (nSPS) is 11.0. The molecule has 0 unspecified atom stereocenters. The van der Waals surface area contributed by atoms with E-state index in [9.17, 15) is 4.79 Å². The summed E-state index contributed by atoms with van der Waals surface area (Å²) in [6.45, 7) is 9.20. The van der Waals surface area contributed by atoms with Gasteiger partial charge in [-0.15, -0.1) is 0 Å². The van der Waals surface area contributed by atoms with Gasteiger partial charge in [0.15, 0.2) is 0 Å². The molecule has 0 aliphatic carbocycles. The van der Waals surface area contributed by atoms with E-state index in [2.05, 4.69) is 50.3 Å². The van der Waals surface area contributed by atoms with E-state index in [-0.39, 0.29) is 11.9 Å². The first-order valence-electron chi connectivity index (χ1n) is 5.98. The number of halogens is 1. The molecule has 0 aromatic heterocycles. The summed E-state index contributed by atoms with van der Waals surface area (Å²) in [7, 11) is 0. The summed E-state index contributed by atoms with van der Waals surface area (Å²) in [5.41, 5.74) is 0.778. The summed E-state index contributed by atoms with van der Waals surface area (Å²) in [5.74, 6) is 0.621. The van der Waals surface area contributed by atoms with Crippen LogP contribution in [-0.2, 0) is 0 Å². The minimum Gasteiger partial charge on any atom is -0.336 e. The molecule has 0 atom stereocenters. The van der Waals surface area contributed by atoms with Gasteiger partial charge in [-0.05, 0) is 66.6 Å². The quantitative estimate of drug-likeness (QED) is 0.761. The van der Waals surface area contributed by atoms with Crippen LogP contribution in [0.2, 0.25) is 0 Å². The predicted molar refractivity (Wildman–Crippen MR) is 80.2 cm³/mol. The average molecular weight is 345 g/mol. The molecule has 0 saturated carbocycles. The first kappa shape index (κ1) is 14.5. The Morgan fingerprint density at radius 2 is 1.71 bits per heavy atom. The zero-order valence-corrected chi connectivity index (χ0v) is 13.1. The number of carbonyl (C=O) groups excluding carboxylic acids is 1. The minimum atomic E-state index is 0.130. The smallest absolute Gasteiger partial charge is 0.254 e. The standard InChI is InChI=1S/C14H20INO/c1-10(2)9-16(11(3)4)14(17)12-5-7-13(15)8-6-12/h5-8,10-11H,9H2,1-4H3. The summed E-state index contributed by atoms with van der Waals surface area (Å²) in [4.78, 5) is 14.3. The van der Waals surface area contributed by atoms with Gasteiger partial charge in [0.25, 0.3) is 5.91 Å². The van der Waals surface area contributed by atoms with Crippen LogP contribution < -0.4 is 0 Å². The number of nitrogens with zero attached hydrogens (tertiary/aromatic N) is 1. The number of benzene rings is 1. The number of amides is 1. The lowest BCUT2D eigenvalue weighted by atomic mass is 10.1. The van der Waals surface area contributed by atoms with Crippen LogP contribution in [0, 0.1) is 9.49 Å². The fourth-order valence-corrected chi connectivity index (χ4v) is 2.04. The molecule has 0 spiro atoms. The first-order chi connectivity index (χ1) is 7.91. The molecule has 1 rings (SSSR count). The van der Waals surface area contributed by atoms with Crippen LogP contribution in [-0.4, -0.2) is 23.4 Å². The van der Waals surface area contributed by atoms with Gasteiger partial charge in [-0.1, -0.05) is 13.8 Å². The van der Waals surface area contributed by atoms with Crippen LogP contribution in [0.5, 0.6) is 0 Å². The van der Waals surface area contributed by atoms with Crippen molar-refractivity contribution in [1.29, 1.82) is 0 Å². The zero-order chi connectivity index (χ0) is 13.0. The summed E-state index contributed by atoms with van der Waals surface area (Å²) in [5, 5.41) is 0. The van der Waals surface area contributed by atoms with Crippen molar-refractivity contribution in [2.45, 2.75) is 33.7 Å². The molecule has 0 heterocycles. The molecule has 0 aliphatic rings. The van der Waals surface area contributed by atoms with Gasteiger partial charge in [-0.25, -0.2) is 0 Å². The summed E-state index contributed by atoms with van der Waals surface area (Å²) >= 11 is 2.25. The summed E-state index contributed by atoms with van der Waals surface area (Å²) < 4.78 is 1.15. The lowest BCUT2D eigenvalue weighted by molar-refractivity contribution is 0.0682. The molecule has 1 amide bonds. The Bertz CT molecular complexity index is 370. The number of rotatable bonds is 4.